The SMILES string of the molecule is Cc1ccc(Cl)cc1C(=O)N1CCCC1CN. The Bertz CT molecular complexity index is 433. The number of halogens is 1. The van der Waals surface area contributed by atoms with Gasteiger partial charge in [0.15, 0.2) is 0 Å². The Balaban J connectivity index is 2.27. The third-order valence-corrected chi connectivity index (χ3v) is 3.58. The van der Waals surface area contributed by atoms with Crippen molar-refractivity contribution in [3.8, 4) is 0 Å². The molecule has 1 aromatic rings. The van der Waals surface area contributed by atoms with Crippen molar-refractivity contribution in [2.24, 2.45) is 5.73 Å². The lowest BCUT2D eigenvalue weighted by Gasteiger charge is -2.24. The average molecular weight is 253 g/mol. The summed E-state index contributed by atoms with van der Waals surface area (Å²) in [6.07, 6.45) is 2.04. The standard InChI is InChI=1S/C13H17ClN2O/c1-9-4-5-10(14)7-12(9)13(17)16-6-2-3-11(16)8-15/h4-5,7,11H,2-3,6,8,15H2,1H3. The first-order valence-electron chi connectivity index (χ1n) is 5.90. The van der Waals surface area contributed by atoms with Crippen LogP contribution < -0.4 is 5.73 Å². The second-order valence-electron chi connectivity index (χ2n) is 4.49. The van der Waals surface area contributed by atoms with Crippen LogP contribution in [0, 0.1) is 6.92 Å². The maximum Gasteiger partial charge on any atom is 0.254 e. The summed E-state index contributed by atoms with van der Waals surface area (Å²) in [5.41, 5.74) is 7.34. The third-order valence-electron chi connectivity index (χ3n) is 3.34. The van der Waals surface area contributed by atoms with Gasteiger partial charge in [-0.1, -0.05) is 17.7 Å². The summed E-state index contributed by atoms with van der Waals surface area (Å²) in [5, 5.41) is 0.599. The van der Waals surface area contributed by atoms with Crippen LogP contribution in [0.5, 0.6) is 0 Å². The molecule has 0 saturated carbocycles. The summed E-state index contributed by atoms with van der Waals surface area (Å²) >= 11 is 5.94. The lowest BCUT2D eigenvalue weighted by molar-refractivity contribution is 0.0740. The number of nitrogens with two attached hydrogens (primary N) is 1. The molecule has 1 atom stereocenters. The van der Waals surface area contributed by atoms with Crippen LogP contribution in [-0.4, -0.2) is 29.9 Å². The number of carbonyl (C=O) groups excluding carboxylic acids is 1. The van der Waals surface area contributed by atoms with Gasteiger partial charge in [-0.25, -0.2) is 0 Å². The van der Waals surface area contributed by atoms with Crippen LogP contribution >= 0.6 is 11.6 Å². The van der Waals surface area contributed by atoms with Crippen molar-refractivity contribution in [2.75, 3.05) is 13.1 Å². The number of benzene rings is 1. The van der Waals surface area contributed by atoms with Crippen molar-refractivity contribution in [1.29, 1.82) is 0 Å². The van der Waals surface area contributed by atoms with Crippen molar-refractivity contribution in [3.05, 3.63) is 34.3 Å². The highest BCUT2D eigenvalue weighted by Gasteiger charge is 2.28. The van der Waals surface area contributed by atoms with E-state index in [2.05, 4.69) is 0 Å². The van der Waals surface area contributed by atoms with Crippen LogP contribution in [0.3, 0.4) is 0 Å². The zero-order valence-corrected chi connectivity index (χ0v) is 10.7. The number of hydrogen-bond acceptors (Lipinski definition) is 2. The van der Waals surface area contributed by atoms with Gasteiger partial charge in [0.2, 0.25) is 0 Å². The van der Waals surface area contributed by atoms with Gasteiger partial charge in [0, 0.05) is 29.7 Å². The highest BCUT2D eigenvalue weighted by atomic mass is 35.5. The fourth-order valence-electron chi connectivity index (χ4n) is 2.33. The zero-order chi connectivity index (χ0) is 12.4. The van der Waals surface area contributed by atoms with Gasteiger partial charge in [0.05, 0.1) is 0 Å². The smallest absolute Gasteiger partial charge is 0.254 e. The molecule has 2 rings (SSSR count). The molecule has 0 bridgehead atoms. The number of amides is 1. The Morgan fingerprint density at radius 1 is 1.59 bits per heavy atom. The Hall–Kier alpha value is -1.06. The number of carbonyl (C=O) groups is 1. The van der Waals surface area contributed by atoms with Crippen LogP contribution in [-0.2, 0) is 0 Å². The van der Waals surface area contributed by atoms with Crippen molar-refractivity contribution in [2.45, 2.75) is 25.8 Å². The first-order valence-corrected chi connectivity index (χ1v) is 6.28. The minimum atomic E-state index is 0.0537. The van der Waals surface area contributed by atoms with Gasteiger partial charge in [-0.05, 0) is 37.5 Å². The quantitative estimate of drug-likeness (QED) is 0.877. The van der Waals surface area contributed by atoms with E-state index in [9.17, 15) is 4.79 Å². The van der Waals surface area contributed by atoms with E-state index in [1.807, 2.05) is 17.9 Å². The molecule has 0 aliphatic carbocycles. The van der Waals surface area contributed by atoms with E-state index in [1.54, 1.807) is 12.1 Å². The summed E-state index contributed by atoms with van der Waals surface area (Å²) in [5.74, 6) is 0.0537. The Labute approximate surface area is 107 Å². The first kappa shape index (κ1) is 12.4. The van der Waals surface area contributed by atoms with E-state index in [0.29, 0.717) is 17.1 Å². The second-order valence-corrected chi connectivity index (χ2v) is 4.93. The number of likely N-dealkylation sites (tertiary alicyclic amines) is 1. The summed E-state index contributed by atoms with van der Waals surface area (Å²) in [6, 6.07) is 5.60. The van der Waals surface area contributed by atoms with Gasteiger partial charge in [0.25, 0.3) is 5.91 Å². The number of aryl methyl sites for hydroxylation is 1. The van der Waals surface area contributed by atoms with Gasteiger partial charge < -0.3 is 10.6 Å². The lowest BCUT2D eigenvalue weighted by atomic mass is 10.1. The molecule has 1 aliphatic heterocycles. The maximum absolute atomic E-state index is 12.4. The summed E-state index contributed by atoms with van der Waals surface area (Å²) < 4.78 is 0. The van der Waals surface area contributed by atoms with Gasteiger partial charge in [-0.3, -0.25) is 4.79 Å². The highest BCUT2D eigenvalue weighted by molar-refractivity contribution is 6.31. The maximum atomic E-state index is 12.4. The Morgan fingerprint density at radius 3 is 3.06 bits per heavy atom. The molecule has 1 fully saturated rings. The van der Waals surface area contributed by atoms with Gasteiger partial charge in [-0.2, -0.15) is 0 Å². The molecular formula is C13H17ClN2O. The third kappa shape index (κ3) is 2.45. The number of rotatable bonds is 2. The molecule has 92 valence electrons. The van der Waals surface area contributed by atoms with Crippen molar-refractivity contribution in [3.63, 3.8) is 0 Å². The van der Waals surface area contributed by atoms with Crippen LogP contribution in [0.4, 0.5) is 0 Å². The first-order chi connectivity index (χ1) is 8.13. The summed E-state index contributed by atoms with van der Waals surface area (Å²) in [6.45, 7) is 3.26. The van der Waals surface area contributed by atoms with E-state index in [-0.39, 0.29) is 11.9 Å². The molecule has 1 aromatic carbocycles. The molecule has 1 aliphatic rings. The highest BCUT2D eigenvalue weighted by Crippen LogP contribution is 2.22. The minimum Gasteiger partial charge on any atom is -0.334 e. The van der Waals surface area contributed by atoms with Crippen molar-refractivity contribution in [1.82, 2.24) is 4.90 Å². The predicted octanol–water partition coefficient (Wildman–Crippen LogP) is 2.21. The topological polar surface area (TPSA) is 46.3 Å². The molecule has 2 N–H and O–H groups in total. The molecule has 1 heterocycles. The molecule has 0 spiro atoms. The molecule has 1 unspecified atom stereocenters. The fourth-order valence-corrected chi connectivity index (χ4v) is 2.50. The summed E-state index contributed by atoms with van der Waals surface area (Å²) in [7, 11) is 0. The molecule has 0 aromatic heterocycles. The van der Waals surface area contributed by atoms with Crippen LogP contribution in [0.15, 0.2) is 18.2 Å². The molecule has 0 radical (unpaired) electrons. The van der Waals surface area contributed by atoms with E-state index in [0.717, 1.165) is 24.9 Å². The van der Waals surface area contributed by atoms with Crippen LogP contribution in [0.2, 0.25) is 5.02 Å². The number of nitrogens with zero attached hydrogens (tertiary/aromatic N) is 1. The van der Waals surface area contributed by atoms with Gasteiger partial charge in [0.1, 0.15) is 0 Å². The van der Waals surface area contributed by atoms with Crippen LogP contribution in [0.25, 0.3) is 0 Å². The minimum absolute atomic E-state index is 0.0537. The molecule has 17 heavy (non-hydrogen) atoms. The molecule has 1 amide bonds. The molecule has 1 saturated heterocycles. The van der Waals surface area contributed by atoms with E-state index < -0.39 is 0 Å². The summed E-state index contributed by atoms with van der Waals surface area (Å²) in [4.78, 5) is 14.3. The monoisotopic (exact) mass is 252 g/mol. The largest absolute Gasteiger partial charge is 0.334 e. The average Bonchev–Trinajstić information content (AvgIpc) is 2.79. The van der Waals surface area contributed by atoms with Crippen LogP contribution in [0.1, 0.15) is 28.8 Å². The number of hydrogen-bond donors (Lipinski definition) is 1. The fraction of sp³-hybridized carbons (Fsp3) is 0.462. The second kappa shape index (κ2) is 5.07. The Kier molecular flexibility index (Phi) is 3.69. The normalized spacial score (nSPS) is 19.7. The molecule has 3 nitrogen and oxygen atoms in total. The van der Waals surface area contributed by atoms with E-state index >= 15 is 0 Å². The Morgan fingerprint density at radius 2 is 2.35 bits per heavy atom. The van der Waals surface area contributed by atoms with E-state index in [4.69, 9.17) is 17.3 Å². The van der Waals surface area contributed by atoms with Crippen molar-refractivity contribution >= 4 is 17.5 Å². The predicted molar refractivity (Wildman–Crippen MR) is 69.3 cm³/mol. The van der Waals surface area contributed by atoms with Gasteiger partial charge >= 0.3 is 0 Å². The lowest BCUT2D eigenvalue weighted by Crippen LogP contribution is -2.40. The van der Waals surface area contributed by atoms with Crippen molar-refractivity contribution < 1.29 is 4.79 Å². The zero-order valence-electron chi connectivity index (χ0n) is 9.95. The van der Waals surface area contributed by atoms with E-state index in [1.165, 1.54) is 0 Å². The molecular weight excluding hydrogens is 236 g/mol. The van der Waals surface area contributed by atoms with Gasteiger partial charge in [-0.15, -0.1) is 0 Å². The molecule has 4 heteroatoms.